The highest BCUT2D eigenvalue weighted by Crippen LogP contribution is 2.16. The van der Waals surface area contributed by atoms with Gasteiger partial charge in [0, 0.05) is 25.8 Å². The Morgan fingerprint density at radius 1 is 1.73 bits per heavy atom. The summed E-state index contributed by atoms with van der Waals surface area (Å²) < 4.78 is 5.07. The van der Waals surface area contributed by atoms with Gasteiger partial charge >= 0.3 is 0 Å². The number of carbonyl (C=O) groups excluding carboxylic acids is 1. The fourth-order valence-corrected chi connectivity index (χ4v) is 1.55. The van der Waals surface area contributed by atoms with Crippen LogP contribution in [0.15, 0.2) is 18.3 Å². The van der Waals surface area contributed by atoms with Crippen molar-refractivity contribution in [3.8, 4) is 0 Å². The SMILES string of the molecule is O=C(NCC1(O)CCOC1)c1ccc[nH]1. The van der Waals surface area contributed by atoms with Gasteiger partial charge in [0.2, 0.25) is 0 Å². The van der Waals surface area contributed by atoms with E-state index in [9.17, 15) is 9.90 Å². The molecule has 1 saturated heterocycles. The summed E-state index contributed by atoms with van der Waals surface area (Å²) in [7, 11) is 0. The molecule has 0 bridgehead atoms. The van der Waals surface area contributed by atoms with Crippen LogP contribution in [0.25, 0.3) is 0 Å². The van der Waals surface area contributed by atoms with E-state index >= 15 is 0 Å². The lowest BCUT2D eigenvalue weighted by Crippen LogP contribution is -2.43. The standard InChI is InChI=1S/C10H14N2O3/c13-9(8-2-1-4-11-8)12-6-10(14)3-5-15-7-10/h1-2,4,11,14H,3,5-7H2,(H,12,13). The monoisotopic (exact) mass is 210 g/mol. The number of hydrogen-bond donors (Lipinski definition) is 3. The first-order valence-corrected chi connectivity index (χ1v) is 4.91. The Bertz CT molecular complexity index is 328. The van der Waals surface area contributed by atoms with Gasteiger partial charge in [-0.25, -0.2) is 0 Å². The number of aromatic nitrogens is 1. The zero-order chi connectivity index (χ0) is 10.7. The van der Waals surface area contributed by atoms with Gasteiger partial charge in [0.15, 0.2) is 0 Å². The van der Waals surface area contributed by atoms with Crippen molar-refractivity contribution in [1.29, 1.82) is 0 Å². The first-order chi connectivity index (χ1) is 7.20. The Hall–Kier alpha value is -1.33. The largest absolute Gasteiger partial charge is 0.386 e. The van der Waals surface area contributed by atoms with E-state index in [2.05, 4.69) is 10.3 Å². The molecule has 1 aliphatic rings. The van der Waals surface area contributed by atoms with Crippen LogP contribution in [0, 0.1) is 0 Å². The van der Waals surface area contributed by atoms with Gasteiger partial charge in [0.05, 0.1) is 6.61 Å². The number of nitrogens with one attached hydrogen (secondary N) is 2. The molecule has 1 unspecified atom stereocenters. The van der Waals surface area contributed by atoms with Crippen molar-refractivity contribution in [3.63, 3.8) is 0 Å². The van der Waals surface area contributed by atoms with Crippen LogP contribution < -0.4 is 5.32 Å². The highest BCUT2D eigenvalue weighted by Gasteiger charge is 2.32. The molecule has 0 radical (unpaired) electrons. The molecule has 1 amide bonds. The lowest BCUT2D eigenvalue weighted by atomic mass is 10.0. The molecule has 2 rings (SSSR count). The second kappa shape index (κ2) is 4.04. The van der Waals surface area contributed by atoms with Gasteiger partial charge in [0.1, 0.15) is 11.3 Å². The molecule has 0 aromatic carbocycles. The Morgan fingerprint density at radius 2 is 2.60 bits per heavy atom. The average Bonchev–Trinajstić information content (AvgIpc) is 2.85. The number of rotatable bonds is 3. The van der Waals surface area contributed by atoms with Crippen LogP contribution in [0.2, 0.25) is 0 Å². The topological polar surface area (TPSA) is 74.3 Å². The van der Waals surface area contributed by atoms with Gasteiger partial charge in [-0.1, -0.05) is 0 Å². The maximum Gasteiger partial charge on any atom is 0.267 e. The molecule has 0 aliphatic carbocycles. The molecule has 82 valence electrons. The van der Waals surface area contributed by atoms with Crippen molar-refractivity contribution in [2.45, 2.75) is 12.0 Å². The van der Waals surface area contributed by atoms with Crippen LogP contribution in [-0.2, 0) is 4.74 Å². The second-order valence-electron chi connectivity index (χ2n) is 3.79. The number of aromatic amines is 1. The Balaban J connectivity index is 1.85. The Labute approximate surface area is 87.4 Å². The maximum absolute atomic E-state index is 11.5. The van der Waals surface area contributed by atoms with Gasteiger partial charge in [0.25, 0.3) is 5.91 Å². The third-order valence-corrected chi connectivity index (χ3v) is 2.50. The second-order valence-corrected chi connectivity index (χ2v) is 3.79. The van der Waals surface area contributed by atoms with Crippen LogP contribution in [0.1, 0.15) is 16.9 Å². The molecule has 5 nitrogen and oxygen atoms in total. The summed E-state index contributed by atoms with van der Waals surface area (Å²) in [6.45, 7) is 1.07. The van der Waals surface area contributed by atoms with E-state index in [1.807, 2.05) is 0 Å². The number of hydrogen-bond acceptors (Lipinski definition) is 3. The van der Waals surface area contributed by atoms with Gasteiger partial charge in [-0.05, 0) is 12.1 Å². The fourth-order valence-electron chi connectivity index (χ4n) is 1.55. The summed E-state index contributed by atoms with van der Waals surface area (Å²) in [6.07, 6.45) is 2.25. The van der Waals surface area contributed by atoms with Crippen molar-refractivity contribution < 1.29 is 14.6 Å². The summed E-state index contributed by atoms with van der Waals surface area (Å²) in [5.41, 5.74) is -0.403. The molecule has 2 heterocycles. The normalized spacial score (nSPS) is 25.4. The summed E-state index contributed by atoms with van der Waals surface area (Å²) in [6, 6.07) is 3.44. The van der Waals surface area contributed by atoms with Gasteiger partial charge in [-0.15, -0.1) is 0 Å². The minimum absolute atomic E-state index is 0.208. The zero-order valence-corrected chi connectivity index (χ0v) is 8.32. The van der Waals surface area contributed by atoms with Crippen molar-refractivity contribution in [1.82, 2.24) is 10.3 Å². The maximum atomic E-state index is 11.5. The third-order valence-electron chi connectivity index (χ3n) is 2.50. The number of carbonyl (C=O) groups is 1. The van der Waals surface area contributed by atoms with E-state index < -0.39 is 5.60 Å². The van der Waals surface area contributed by atoms with E-state index in [0.717, 1.165) is 0 Å². The van der Waals surface area contributed by atoms with Crippen LogP contribution in [0.5, 0.6) is 0 Å². The molecule has 1 atom stereocenters. The molecule has 1 aromatic rings. The zero-order valence-electron chi connectivity index (χ0n) is 8.32. The predicted molar refractivity (Wildman–Crippen MR) is 53.5 cm³/mol. The summed E-state index contributed by atoms with van der Waals surface area (Å²) in [5, 5.41) is 12.6. The quantitative estimate of drug-likeness (QED) is 0.652. The van der Waals surface area contributed by atoms with Crippen LogP contribution in [-0.4, -0.2) is 41.4 Å². The van der Waals surface area contributed by atoms with Crippen molar-refractivity contribution in [3.05, 3.63) is 24.0 Å². The first-order valence-electron chi connectivity index (χ1n) is 4.91. The fraction of sp³-hybridized carbons (Fsp3) is 0.500. The molecule has 1 aliphatic heterocycles. The number of aliphatic hydroxyl groups is 1. The number of ether oxygens (including phenoxy) is 1. The summed E-state index contributed by atoms with van der Waals surface area (Å²) >= 11 is 0. The Morgan fingerprint density at radius 3 is 3.20 bits per heavy atom. The molecular weight excluding hydrogens is 196 g/mol. The van der Waals surface area contributed by atoms with Crippen molar-refractivity contribution in [2.75, 3.05) is 19.8 Å². The van der Waals surface area contributed by atoms with Gasteiger partial charge in [-0.2, -0.15) is 0 Å². The van der Waals surface area contributed by atoms with E-state index in [4.69, 9.17) is 4.74 Å². The third kappa shape index (κ3) is 2.37. The highest BCUT2D eigenvalue weighted by molar-refractivity contribution is 5.92. The molecule has 15 heavy (non-hydrogen) atoms. The molecule has 0 spiro atoms. The molecular formula is C10H14N2O3. The molecule has 1 aromatic heterocycles. The average molecular weight is 210 g/mol. The van der Waals surface area contributed by atoms with Crippen molar-refractivity contribution >= 4 is 5.91 Å². The highest BCUT2D eigenvalue weighted by atomic mass is 16.5. The summed E-state index contributed by atoms with van der Waals surface area (Å²) in [5.74, 6) is -0.208. The van der Waals surface area contributed by atoms with Gasteiger partial charge < -0.3 is 20.1 Å². The Kier molecular flexibility index (Phi) is 2.75. The van der Waals surface area contributed by atoms with Crippen LogP contribution in [0.3, 0.4) is 0 Å². The van der Waals surface area contributed by atoms with E-state index in [1.54, 1.807) is 18.3 Å². The molecule has 3 N–H and O–H groups in total. The molecule has 0 saturated carbocycles. The predicted octanol–water partition coefficient (Wildman–Crippen LogP) is -0.104. The smallest absolute Gasteiger partial charge is 0.267 e. The number of amides is 1. The summed E-state index contributed by atoms with van der Waals surface area (Å²) in [4.78, 5) is 14.3. The van der Waals surface area contributed by atoms with Crippen molar-refractivity contribution in [2.24, 2.45) is 0 Å². The minimum Gasteiger partial charge on any atom is -0.386 e. The molecule has 1 fully saturated rings. The minimum atomic E-state index is -0.901. The first kappa shape index (κ1) is 10.2. The number of H-pyrrole nitrogens is 1. The van der Waals surface area contributed by atoms with Gasteiger partial charge in [-0.3, -0.25) is 4.79 Å². The van der Waals surface area contributed by atoms with E-state index in [1.165, 1.54) is 0 Å². The van der Waals surface area contributed by atoms with E-state index in [0.29, 0.717) is 18.7 Å². The molecule has 5 heteroatoms. The van der Waals surface area contributed by atoms with E-state index in [-0.39, 0.29) is 19.1 Å². The lowest BCUT2D eigenvalue weighted by Gasteiger charge is -2.20. The lowest BCUT2D eigenvalue weighted by molar-refractivity contribution is 0.0264. The van der Waals surface area contributed by atoms with Crippen LogP contribution >= 0.6 is 0 Å². The van der Waals surface area contributed by atoms with Crippen LogP contribution in [0.4, 0.5) is 0 Å².